The van der Waals surface area contributed by atoms with E-state index in [0.717, 1.165) is 12.8 Å². The molecule has 3 rings (SSSR count). The number of ether oxygens (including phenoxy) is 1. The van der Waals surface area contributed by atoms with Gasteiger partial charge < -0.3 is 9.84 Å². The third-order valence-electron chi connectivity index (χ3n) is 5.71. The number of carboxylic acid groups (broad SMARTS) is 1. The molecule has 1 aliphatic rings. The van der Waals surface area contributed by atoms with Crippen molar-refractivity contribution in [2.24, 2.45) is 0 Å². The fourth-order valence-electron chi connectivity index (χ4n) is 3.74. The number of aromatic carboxylic acids is 1. The minimum Gasteiger partial charge on any atom is -0.484 e. The predicted octanol–water partition coefficient (Wildman–Crippen LogP) is 5.60. The first-order valence-corrected chi connectivity index (χ1v) is 10.4. The minimum atomic E-state index is -0.986. The first kappa shape index (κ1) is 20.8. The van der Waals surface area contributed by atoms with Crippen molar-refractivity contribution in [1.29, 1.82) is 0 Å². The van der Waals surface area contributed by atoms with Gasteiger partial charge in [0.15, 0.2) is 12.4 Å². The predicted molar refractivity (Wildman–Crippen MR) is 118 cm³/mol. The summed E-state index contributed by atoms with van der Waals surface area (Å²) in [6.45, 7) is 8.91. The van der Waals surface area contributed by atoms with Crippen LogP contribution < -0.4 is 4.74 Å². The molecule has 5 heteroatoms. The lowest BCUT2D eigenvalue weighted by Gasteiger charge is -2.42. The summed E-state index contributed by atoms with van der Waals surface area (Å²) < 4.78 is 6.34. The van der Waals surface area contributed by atoms with Gasteiger partial charge in [-0.15, -0.1) is 0 Å². The van der Waals surface area contributed by atoms with Crippen LogP contribution in [0.25, 0.3) is 0 Å². The van der Waals surface area contributed by atoms with Crippen LogP contribution in [0.3, 0.4) is 0 Å². The van der Waals surface area contributed by atoms with E-state index in [4.69, 9.17) is 9.84 Å². The third-order valence-corrected chi connectivity index (χ3v) is 6.56. The fraction of sp³-hybridized carbons (Fsp3) is 0.391. The number of halogens is 1. The van der Waals surface area contributed by atoms with Gasteiger partial charge in [-0.2, -0.15) is 0 Å². The number of carboxylic acids is 1. The van der Waals surface area contributed by atoms with E-state index in [1.165, 1.54) is 23.3 Å². The minimum absolute atomic E-state index is 0.0457. The summed E-state index contributed by atoms with van der Waals surface area (Å²) in [6, 6.07) is 10.6. The summed E-state index contributed by atoms with van der Waals surface area (Å²) in [5.74, 6) is -0.557. The Hall–Kier alpha value is -1.89. The zero-order valence-corrected chi connectivity index (χ0v) is 18.8. The highest BCUT2D eigenvalue weighted by Crippen LogP contribution is 2.45. The Morgan fingerprint density at radius 1 is 0.964 bits per heavy atom. The molecule has 0 bridgehead atoms. The molecule has 1 aliphatic carbocycles. The van der Waals surface area contributed by atoms with Crippen molar-refractivity contribution in [3.8, 4) is 5.75 Å². The summed E-state index contributed by atoms with van der Waals surface area (Å²) in [5, 5.41) is 9.04. The molecule has 148 valence electrons. The summed E-state index contributed by atoms with van der Waals surface area (Å²) in [7, 11) is 0. The summed E-state index contributed by atoms with van der Waals surface area (Å²) >= 11 is 2.02. The lowest BCUT2D eigenvalue weighted by Crippen LogP contribution is -2.34. The average Bonchev–Trinajstić information content (AvgIpc) is 2.64. The molecule has 0 unspecified atom stereocenters. The number of carbonyl (C=O) groups excluding carboxylic acids is 1. The van der Waals surface area contributed by atoms with E-state index in [1.54, 1.807) is 6.07 Å². The Balaban J connectivity index is 1.80. The summed E-state index contributed by atoms with van der Waals surface area (Å²) in [5.41, 5.74) is 3.58. The number of fused-ring (bicyclic) bond motifs is 1. The van der Waals surface area contributed by atoms with Crippen molar-refractivity contribution in [2.75, 3.05) is 6.61 Å². The van der Waals surface area contributed by atoms with E-state index in [-0.39, 0.29) is 28.8 Å². The molecule has 0 saturated heterocycles. The molecular formula is C23H25IO4. The van der Waals surface area contributed by atoms with Crippen LogP contribution in [0.15, 0.2) is 36.4 Å². The molecule has 1 N–H and O–H groups in total. The maximum Gasteiger partial charge on any atom is 0.335 e. The second kappa shape index (κ2) is 7.50. The third kappa shape index (κ3) is 4.09. The molecule has 0 heterocycles. The van der Waals surface area contributed by atoms with Gasteiger partial charge in [-0.25, -0.2) is 4.79 Å². The number of hydrogen-bond acceptors (Lipinski definition) is 3. The molecule has 0 atom stereocenters. The van der Waals surface area contributed by atoms with Gasteiger partial charge >= 0.3 is 5.97 Å². The molecule has 0 fully saturated rings. The van der Waals surface area contributed by atoms with Gasteiger partial charge in [0, 0.05) is 5.56 Å². The van der Waals surface area contributed by atoms with Crippen molar-refractivity contribution in [3.05, 3.63) is 62.2 Å². The fourth-order valence-corrected chi connectivity index (χ4v) is 4.41. The number of hydrogen-bond donors (Lipinski definition) is 1. The van der Waals surface area contributed by atoms with Gasteiger partial charge in [-0.3, -0.25) is 4.79 Å². The van der Waals surface area contributed by atoms with Crippen molar-refractivity contribution in [1.82, 2.24) is 0 Å². The Labute approximate surface area is 179 Å². The Kier molecular flexibility index (Phi) is 5.58. The average molecular weight is 492 g/mol. The van der Waals surface area contributed by atoms with Crippen LogP contribution in [0, 0.1) is 3.57 Å². The molecule has 0 spiro atoms. The molecular weight excluding hydrogens is 467 g/mol. The van der Waals surface area contributed by atoms with Crippen LogP contribution in [0.1, 0.15) is 72.4 Å². The smallest absolute Gasteiger partial charge is 0.335 e. The van der Waals surface area contributed by atoms with Gasteiger partial charge in [-0.1, -0.05) is 39.8 Å². The van der Waals surface area contributed by atoms with Gasteiger partial charge in [0.1, 0.15) is 5.75 Å². The van der Waals surface area contributed by atoms with Crippen LogP contribution in [0.4, 0.5) is 0 Å². The number of Topliss-reactive ketones (excluding diaryl/α,β-unsaturated/α-hetero) is 1. The summed E-state index contributed by atoms with van der Waals surface area (Å²) in [4.78, 5) is 23.8. The van der Waals surface area contributed by atoms with Crippen LogP contribution >= 0.6 is 22.6 Å². The Morgan fingerprint density at radius 3 is 2.18 bits per heavy atom. The largest absolute Gasteiger partial charge is 0.484 e. The highest BCUT2D eigenvalue weighted by Gasteiger charge is 2.37. The molecule has 28 heavy (non-hydrogen) atoms. The van der Waals surface area contributed by atoms with Crippen LogP contribution in [-0.4, -0.2) is 23.5 Å². The second-order valence-electron chi connectivity index (χ2n) is 8.69. The topological polar surface area (TPSA) is 63.6 Å². The molecule has 0 aromatic heterocycles. The lowest BCUT2D eigenvalue weighted by molar-refractivity contribution is 0.0696. The molecule has 4 nitrogen and oxygen atoms in total. The van der Waals surface area contributed by atoms with Crippen LogP contribution in [-0.2, 0) is 10.8 Å². The molecule has 2 aromatic rings. The number of carbonyl (C=O) groups is 2. The van der Waals surface area contributed by atoms with Crippen molar-refractivity contribution in [2.45, 2.75) is 51.4 Å². The standard InChI is InChI=1S/C23H25IO4/c1-22(2)9-10-23(3,4)17-11-14(5-7-16(17)22)19(25)13-28-20-8-6-15(21(26)27)12-18(20)24/h5-8,11-12H,9-10,13H2,1-4H3,(H,26,27). The quantitative estimate of drug-likeness (QED) is 0.436. The van der Waals surface area contributed by atoms with E-state index in [1.807, 2.05) is 34.7 Å². The highest BCUT2D eigenvalue weighted by atomic mass is 127. The maximum atomic E-state index is 12.7. The first-order chi connectivity index (χ1) is 13.0. The van der Waals surface area contributed by atoms with E-state index >= 15 is 0 Å². The summed E-state index contributed by atoms with van der Waals surface area (Å²) in [6.07, 6.45) is 2.23. The SMILES string of the molecule is CC1(C)CCC(C)(C)c2cc(C(=O)COc3ccc(C(=O)O)cc3I)ccc21. The molecule has 0 saturated carbocycles. The second-order valence-corrected chi connectivity index (χ2v) is 9.85. The highest BCUT2D eigenvalue weighted by molar-refractivity contribution is 14.1. The normalized spacial score (nSPS) is 16.9. The number of benzene rings is 2. The molecule has 0 amide bonds. The van der Waals surface area contributed by atoms with Crippen molar-refractivity contribution >= 4 is 34.3 Å². The molecule has 0 aliphatic heterocycles. The van der Waals surface area contributed by atoms with E-state index in [2.05, 4.69) is 33.8 Å². The Morgan fingerprint density at radius 2 is 1.57 bits per heavy atom. The maximum absolute atomic E-state index is 12.7. The van der Waals surface area contributed by atoms with Crippen LogP contribution in [0.5, 0.6) is 5.75 Å². The van der Waals surface area contributed by atoms with Crippen LogP contribution in [0.2, 0.25) is 0 Å². The van der Waals surface area contributed by atoms with Crippen molar-refractivity contribution in [3.63, 3.8) is 0 Å². The van der Waals surface area contributed by atoms with Gasteiger partial charge in [0.2, 0.25) is 0 Å². The van der Waals surface area contributed by atoms with Crippen molar-refractivity contribution < 1.29 is 19.4 Å². The first-order valence-electron chi connectivity index (χ1n) is 9.35. The molecule has 0 radical (unpaired) electrons. The number of ketones is 1. The van der Waals surface area contributed by atoms with Gasteiger partial charge in [-0.05, 0) is 81.7 Å². The zero-order chi connectivity index (χ0) is 20.7. The van der Waals surface area contributed by atoms with E-state index in [0.29, 0.717) is 14.9 Å². The van der Waals surface area contributed by atoms with E-state index < -0.39 is 5.97 Å². The van der Waals surface area contributed by atoms with Gasteiger partial charge in [0.25, 0.3) is 0 Å². The number of rotatable bonds is 5. The molecule has 2 aromatic carbocycles. The van der Waals surface area contributed by atoms with Gasteiger partial charge in [0.05, 0.1) is 9.13 Å². The Bertz CT molecular complexity index is 944. The lowest BCUT2D eigenvalue weighted by atomic mass is 9.63. The monoisotopic (exact) mass is 492 g/mol. The van der Waals surface area contributed by atoms with E-state index in [9.17, 15) is 9.59 Å². The zero-order valence-electron chi connectivity index (χ0n) is 16.6.